The maximum Gasteiger partial charge on any atom is 0.337 e. The third kappa shape index (κ3) is 2.18. The van der Waals surface area contributed by atoms with Crippen LogP contribution in [0.25, 0.3) is 22.0 Å². The van der Waals surface area contributed by atoms with Crippen molar-refractivity contribution < 1.29 is 14.6 Å². The minimum atomic E-state index is -1.02. The van der Waals surface area contributed by atoms with Crippen LogP contribution in [0.3, 0.4) is 0 Å². The molecule has 0 aliphatic rings. The van der Waals surface area contributed by atoms with Crippen LogP contribution in [0.5, 0.6) is 5.75 Å². The first kappa shape index (κ1) is 14.1. The zero-order chi connectivity index (χ0) is 15.9. The Hall–Kier alpha value is -2.89. The summed E-state index contributed by atoms with van der Waals surface area (Å²) in [7, 11) is 3.41. The van der Waals surface area contributed by atoms with E-state index in [-0.39, 0.29) is 5.56 Å². The maximum atomic E-state index is 11.5. The Balaban J connectivity index is 2.34. The van der Waals surface area contributed by atoms with Crippen molar-refractivity contribution in [1.29, 1.82) is 0 Å². The minimum Gasteiger partial charge on any atom is -0.496 e. The third-order valence-corrected chi connectivity index (χ3v) is 3.63. The van der Waals surface area contributed by atoms with Gasteiger partial charge in [-0.1, -0.05) is 0 Å². The molecule has 0 unspecified atom stereocenters. The number of aryl methyl sites for hydroxylation is 2. The van der Waals surface area contributed by atoms with Gasteiger partial charge in [0.05, 0.1) is 24.4 Å². The number of carbonyl (C=O) groups is 1. The molecule has 0 radical (unpaired) electrons. The molecule has 0 spiro atoms. The quantitative estimate of drug-likeness (QED) is 0.804. The van der Waals surface area contributed by atoms with Gasteiger partial charge in [-0.3, -0.25) is 9.67 Å². The van der Waals surface area contributed by atoms with Gasteiger partial charge in [0.15, 0.2) is 0 Å². The zero-order valence-electron chi connectivity index (χ0n) is 12.5. The van der Waals surface area contributed by atoms with Crippen LogP contribution in [-0.4, -0.2) is 33.0 Å². The number of carboxylic acids is 1. The number of methoxy groups -OCH3 is 1. The van der Waals surface area contributed by atoms with Crippen LogP contribution in [0, 0.1) is 6.92 Å². The molecule has 0 saturated carbocycles. The fourth-order valence-electron chi connectivity index (χ4n) is 2.51. The second kappa shape index (κ2) is 5.14. The molecule has 3 aromatic rings. The smallest absolute Gasteiger partial charge is 0.337 e. The molecule has 2 aromatic heterocycles. The highest BCUT2D eigenvalue weighted by atomic mass is 16.5. The van der Waals surface area contributed by atoms with E-state index in [1.807, 2.05) is 26.1 Å². The fourth-order valence-corrected chi connectivity index (χ4v) is 2.51. The predicted octanol–water partition coefficient (Wildman–Crippen LogP) is 2.65. The summed E-state index contributed by atoms with van der Waals surface area (Å²) in [6, 6.07) is 5.50. The van der Waals surface area contributed by atoms with Gasteiger partial charge in [-0.2, -0.15) is 5.10 Å². The highest BCUT2D eigenvalue weighted by molar-refractivity contribution is 5.99. The molecule has 0 atom stereocenters. The lowest BCUT2D eigenvalue weighted by molar-refractivity contribution is 0.0697. The lowest BCUT2D eigenvalue weighted by Gasteiger charge is -2.12. The summed E-state index contributed by atoms with van der Waals surface area (Å²) >= 11 is 0. The van der Waals surface area contributed by atoms with Crippen LogP contribution in [0.2, 0.25) is 0 Å². The van der Waals surface area contributed by atoms with E-state index in [1.54, 1.807) is 24.1 Å². The Bertz CT molecular complexity index is 884. The van der Waals surface area contributed by atoms with E-state index in [0.29, 0.717) is 16.9 Å². The molecule has 112 valence electrons. The number of carboxylic acid groups (broad SMARTS) is 1. The molecule has 0 fully saturated rings. The molecule has 1 aromatic carbocycles. The van der Waals surface area contributed by atoms with E-state index in [0.717, 1.165) is 16.6 Å². The predicted molar refractivity (Wildman–Crippen MR) is 82.2 cm³/mol. The van der Waals surface area contributed by atoms with Gasteiger partial charge in [-0.25, -0.2) is 4.79 Å². The number of ether oxygens (including phenoxy) is 1. The number of aromatic carboxylic acids is 1. The molecule has 0 bridgehead atoms. The monoisotopic (exact) mass is 297 g/mol. The molecule has 0 saturated heterocycles. The van der Waals surface area contributed by atoms with Gasteiger partial charge in [-0.15, -0.1) is 0 Å². The average molecular weight is 297 g/mol. The minimum absolute atomic E-state index is 0.146. The zero-order valence-corrected chi connectivity index (χ0v) is 12.5. The highest BCUT2D eigenvalue weighted by Gasteiger charge is 2.17. The normalized spacial score (nSPS) is 10.9. The summed E-state index contributed by atoms with van der Waals surface area (Å²) < 4.78 is 7.20. The highest BCUT2D eigenvalue weighted by Crippen LogP contribution is 2.36. The van der Waals surface area contributed by atoms with Crippen LogP contribution < -0.4 is 4.74 Å². The Morgan fingerprint density at radius 1 is 1.23 bits per heavy atom. The number of fused-ring (bicyclic) bond motifs is 1. The van der Waals surface area contributed by atoms with E-state index in [2.05, 4.69) is 10.1 Å². The number of hydrogen-bond donors (Lipinski definition) is 1. The standard InChI is InChI=1S/C16H15N3O3/c1-9-4-11(13(8-17-9)16(20)21)12-5-10-7-18-19(2)14(10)6-15(12)22-3/h4-8H,1-3H3,(H,20,21). The Morgan fingerprint density at radius 3 is 2.68 bits per heavy atom. The summed E-state index contributed by atoms with van der Waals surface area (Å²) in [6.45, 7) is 1.82. The van der Waals surface area contributed by atoms with E-state index < -0.39 is 5.97 Å². The number of pyridine rings is 1. The van der Waals surface area contributed by atoms with Crippen LogP contribution in [0.1, 0.15) is 16.1 Å². The maximum absolute atomic E-state index is 11.5. The van der Waals surface area contributed by atoms with Gasteiger partial charge in [0, 0.05) is 41.5 Å². The molecule has 22 heavy (non-hydrogen) atoms. The second-order valence-corrected chi connectivity index (χ2v) is 5.06. The number of nitrogens with zero attached hydrogens (tertiary/aromatic N) is 3. The van der Waals surface area contributed by atoms with Gasteiger partial charge in [-0.05, 0) is 19.1 Å². The summed E-state index contributed by atoms with van der Waals surface area (Å²) in [6.07, 6.45) is 3.12. The Kier molecular flexibility index (Phi) is 3.29. The van der Waals surface area contributed by atoms with Crippen molar-refractivity contribution in [1.82, 2.24) is 14.8 Å². The van der Waals surface area contributed by atoms with E-state index >= 15 is 0 Å². The summed E-state index contributed by atoms with van der Waals surface area (Å²) in [5.74, 6) is -0.417. The van der Waals surface area contributed by atoms with E-state index in [1.165, 1.54) is 6.20 Å². The van der Waals surface area contributed by atoms with E-state index in [9.17, 15) is 9.90 Å². The van der Waals surface area contributed by atoms with Gasteiger partial charge in [0.1, 0.15) is 5.75 Å². The largest absolute Gasteiger partial charge is 0.496 e. The van der Waals surface area contributed by atoms with Gasteiger partial charge >= 0.3 is 5.97 Å². The lowest BCUT2D eigenvalue weighted by atomic mass is 9.98. The first-order valence-electron chi connectivity index (χ1n) is 6.71. The van der Waals surface area contributed by atoms with Crippen molar-refractivity contribution in [2.45, 2.75) is 6.92 Å². The number of rotatable bonds is 3. The Labute approximate surface area is 127 Å². The number of benzene rings is 1. The topological polar surface area (TPSA) is 77.2 Å². The van der Waals surface area contributed by atoms with Gasteiger partial charge in [0.2, 0.25) is 0 Å². The van der Waals surface area contributed by atoms with Crippen molar-refractivity contribution in [2.75, 3.05) is 7.11 Å². The van der Waals surface area contributed by atoms with Crippen LogP contribution >= 0.6 is 0 Å². The molecule has 6 nitrogen and oxygen atoms in total. The average Bonchev–Trinajstić information content (AvgIpc) is 2.86. The van der Waals surface area contributed by atoms with Gasteiger partial charge in [0.25, 0.3) is 0 Å². The summed E-state index contributed by atoms with van der Waals surface area (Å²) in [5, 5.41) is 14.5. The van der Waals surface area contributed by atoms with Crippen molar-refractivity contribution in [3.05, 3.63) is 41.9 Å². The second-order valence-electron chi connectivity index (χ2n) is 5.06. The third-order valence-electron chi connectivity index (χ3n) is 3.63. The molecule has 1 N–H and O–H groups in total. The van der Waals surface area contributed by atoms with Crippen LogP contribution in [0.15, 0.2) is 30.6 Å². The molecular formula is C16H15N3O3. The molecule has 0 amide bonds. The van der Waals surface area contributed by atoms with Crippen LogP contribution in [-0.2, 0) is 7.05 Å². The molecule has 3 rings (SSSR count). The molecular weight excluding hydrogens is 282 g/mol. The number of aromatic nitrogens is 3. The van der Waals surface area contributed by atoms with Crippen LogP contribution in [0.4, 0.5) is 0 Å². The van der Waals surface area contributed by atoms with Gasteiger partial charge < -0.3 is 9.84 Å². The molecule has 0 aliphatic carbocycles. The van der Waals surface area contributed by atoms with Crippen molar-refractivity contribution in [2.24, 2.45) is 7.05 Å². The fraction of sp³-hybridized carbons (Fsp3) is 0.188. The van der Waals surface area contributed by atoms with Crippen molar-refractivity contribution in [3.8, 4) is 16.9 Å². The van der Waals surface area contributed by atoms with Crippen molar-refractivity contribution >= 4 is 16.9 Å². The molecule has 6 heteroatoms. The Morgan fingerprint density at radius 2 is 2.00 bits per heavy atom. The summed E-state index contributed by atoms with van der Waals surface area (Å²) in [5.41, 5.74) is 3.11. The molecule has 2 heterocycles. The lowest BCUT2D eigenvalue weighted by Crippen LogP contribution is -2.02. The number of hydrogen-bond acceptors (Lipinski definition) is 4. The SMILES string of the molecule is COc1cc2c(cnn2C)cc1-c1cc(C)ncc1C(=O)O. The van der Waals surface area contributed by atoms with Crippen molar-refractivity contribution in [3.63, 3.8) is 0 Å². The summed E-state index contributed by atoms with van der Waals surface area (Å²) in [4.78, 5) is 15.5. The van der Waals surface area contributed by atoms with E-state index in [4.69, 9.17) is 4.74 Å². The first-order valence-corrected chi connectivity index (χ1v) is 6.71. The first-order chi connectivity index (χ1) is 10.5. The molecule has 0 aliphatic heterocycles.